The van der Waals surface area contributed by atoms with Gasteiger partial charge in [0.15, 0.2) is 11.6 Å². The van der Waals surface area contributed by atoms with Crippen LogP contribution in [-0.2, 0) is 10.2 Å². The number of halogens is 1. The van der Waals surface area contributed by atoms with E-state index in [2.05, 4.69) is 10.3 Å². The number of carbonyl (C=O) groups is 3. The van der Waals surface area contributed by atoms with Crippen LogP contribution in [0.2, 0.25) is 5.02 Å². The van der Waals surface area contributed by atoms with Crippen molar-refractivity contribution in [2.24, 2.45) is 5.92 Å². The van der Waals surface area contributed by atoms with E-state index in [1.54, 1.807) is 48.8 Å². The average Bonchev–Trinajstić information content (AvgIpc) is 3.45. The number of para-hydroxylation sites is 2. The third-order valence-corrected chi connectivity index (χ3v) is 8.53. The highest BCUT2D eigenvalue weighted by molar-refractivity contribution is 6.34. The second-order valence-electron chi connectivity index (χ2n) is 10.0. The Bertz CT molecular complexity index is 1700. The van der Waals surface area contributed by atoms with Gasteiger partial charge in [0.1, 0.15) is 11.5 Å². The van der Waals surface area contributed by atoms with E-state index in [4.69, 9.17) is 11.6 Å². The summed E-state index contributed by atoms with van der Waals surface area (Å²) >= 11 is 6.55. The zero-order valence-electron chi connectivity index (χ0n) is 20.6. The van der Waals surface area contributed by atoms with E-state index in [9.17, 15) is 14.4 Å². The van der Waals surface area contributed by atoms with Crippen molar-refractivity contribution in [1.29, 1.82) is 0 Å². The Kier molecular flexibility index (Phi) is 5.28. The van der Waals surface area contributed by atoms with E-state index in [1.165, 1.54) is 0 Å². The lowest BCUT2D eigenvalue weighted by Crippen LogP contribution is -2.51. The van der Waals surface area contributed by atoms with Crippen LogP contribution in [0.5, 0.6) is 0 Å². The lowest BCUT2D eigenvalue weighted by atomic mass is 9.64. The predicted octanol–water partition coefficient (Wildman–Crippen LogP) is 5.59. The molecule has 3 aliphatic heterocycles. The number of carbonyl (C=O) groups excluding carboxylic acids is 3. The number of anilines is 2. The number of benzene rings is 3. The van der Waals surface area contributed by atoms with Gasteiger partial charge >= 0.3 is 0 Å². The number of Topliss-reactive ketones (excluding diaryl/α,β-unsaturated/α-hetero) is 2. The molecule has 4 atom stereocenters. The van der Waals surface area contributed by atoms with E-state index in [-0.39, 0.29) is 17.5 Å². The minimum Gasteiger partial charge on any atom is -0.352 e. The highest BCUT2D eigenvalue weighted by atomic mass is 35.5. The van der Waals surface area contributed by atoms with Crippen molar-refractivity contribution in [3.8, 4) is 0 Å². The van der Waals surface area contributed by atoms with Crippen molar-refractivity contribution in [3.05, 3.63) is 131 Å². The van der Waals surface area contributed by atoms with E-state index < -0.39 is 23.4 Å². The summed E-state index contributed by atoms with van der Waals surface area (Å²) < 4.78 is 0. The predicted molar refractivity (Wildman–Crippen MR) is 150 cm³/mol. The largest absolute Gasteiger partial charge is 0.352 e. The first-order chi connectivity index (χ1) is 19.0. The molecule has 3 aliphatic rings. The third kappa shape index (κ3) is 3.21. The van der Waals surface area contributed by atoms with Gasteiger partial charge < -0.3 is 10.2 Å². The summed E-state index contributed by atoms with van der Waals surface area (Å²) in [6.45, 7) is 0. The molecule has 1 spiro atoms. The molecule has 0 aliphatic carbocycles. The SMILES string of the molecule is O=C(c1ccccc1Cl)[C@@H]1[C@@H](C(=O)c2ccncc2)[C@]2(C(=O)Nc3ccccc32)[C@H]2C=Cc3ccccc3N12. The summed E-state index contributed by atoms with van der Waals surface area (Å²) in [4.78, 5) is 49.5. The normalized spacial score (nSPS) is 24.2. The van der Waals surface area contributed by atoms with Gasteiger partial charge in [-0.25, -0.2) is 0 Å². The summed E-state index contributed by atoms with van der Waals surface area (Å²) in [5.74, 6) is -1.95. The van der Waals surface area contributed by atoms with Crippen LogP contribution in [0.3, 0.4) is 0 Å². The van der Waals surface area contributed by atoms with E-state index >= 15 is 0 Å². The summed E-state index contributed by atoms with van der Waals surface area (Å²) in [7, 11) is 0. The average molecular weight is 532 g/mol. The summed E-state index contributed by atoms with van der Waals surface area (Å²) in [5, 5.41) is 3.33. The molecule has 1 saturated heterocycles. The zero-order valence-corrected chi connectivity index (χ0v) is 21.4. The van der Waals surface area contributed by atoms with Crippen LogP contribution in [0.1, 0.15) is 31.8 Å². The number of rotatable bonds is 4. The van der Waals surface area contributed by atoms with Crippen molar-refractivity contribution in [3.63, 3.8) is 0 Å². The van der Waals surface area contributed by atoms with Crippen LogP contribution >= 0.6 is 11.6 Å². The molecule has 190 valence electrons. The Morgan fingerprint density at radius 1 is 0.872 bits per heavy atom. The Labute approximate surface area is 229 Å². The standard InChI is InChI=1S/C32H22ClN3O3/c33-23-10-4-2-8-21(23)30(38)28-27(29(37)20-15-17-34-18-16-20)32(22-9-3-5-11-24(22)35-31(32)39)26-14-13-19-7-1-6-12-25(19)36(26)28/h1-18,26-28H,(H,35,39)/t26-,27+,28+,32-/m1/s1. The summed E-state index contributed by atoms with van der Waals surface area (Å²) in [5.41, 5.74) is 2.39. The molecule has 1 fully saturated rings. The highest BCUT2D eigenvalue weighted by Crippen LogP contribution is 2.58. The van der Waals surface area contributed by atoms with Crippen LogP contribution in [0.25, 0.3) is 6.08 Å². The number of nitrogens with zero attached hydrogens (tertiary/aromatic N) is 2. The van der Waals surface area contributed by atoms with Gasteiger partial charge in [0, 0.05) is 34.9 Å². The molecule has 0 unspecified atom stereocenters. The molecule has 6 nitrogen and oxygen atoms in total. The summed E-state index contributed by atoms with van der Waals surface area (Å²) in [6, 6.07) is 23.7. The van der Waals surface area contributed by atoms with Gasteiger partial charge in [-0.2, -0.15) is 0 Å². The monoisotopic (exact) mass is 531 g/mol. The molecule has 3 aromatic carbocycles. The first-order valence-electron chi connectivity index (χ1n) is 12.7. The van der Waals surface area contributed by atoms with Crippen LogP contribution in [0, 0.1) is 5.92 Å². The van der Waals surface area contributed by atoms with Gasteiger partial charge in [-0.15, -0.1) is 0 Å². The molecule has 1 N–H and O–H groups in total. The Morgan fingerprint density at radius 3 is 2.41 bits per heavy atom. The Hall–Kier alpha value is -4.55. The van der Waals surface area contributed by atoms with Crippen molar-refractivity contribution in [2.75, 3.05) is 10.2 Å². The Balaban J connectivity index is 1.55. The van der Waals surface area contributed by atoms with Gasteiger partial charge in [0.05, 0.1) is 17.0 Å². The maximum atomic E-state index is 14.6. The van der Waals surface area contributed by atoms with Crippen LogP contribution < -0.4 is 10.2 Å². The van der Waals surface area contributed by atoms with Crippen LogP contribution in [0.4, 0.5) is 11.4 Å². The molecule has 7 rings (SSSR count). The minimum atomic E-state index is -1.36. The van der Waals surface area contributed by atoms with Gasteiger partial charge in [-0.3, -0.25) is 19.4 Å². The second kappa shape index (κ2) is 8.75. The maximum Gasteiger partial charge on any atom is 0.238 e. The molecule has 4 heterocycles. The fourth-order valence-electron chi connectivity index (χ4n) is 6.64. The number of ketones is 2. The second-order valence-corrected chi connectivity index (χ2v) is 10.4. The number of aromatic nitrogens is 1. The first-order valence-corrected chi connectivity index (χ1v) is 13.1. The molecule has 0 bridgehead atoms. The number of fused-ring (bicyclic) bond motifs is 6. The lowest BCUT2D eigenvalue weighted by molar-refractivity contribution is -0.121. The quantitative estimate of drug-likeness (QED) is 0.347. The minimum absolute atomic E-state index is 0.296. The van der Waals surface area contributed by atoms with Gasteiger partial charge in [-0.1, -0.05) is 72.3 Å². The fraction of sp³-hybridized carbons (Fsp3) is 0.125. The number of amides is 1. The summed E-state index contributed by atoms with van der Waals surface area (Å²) in [6.07, 6.45) is 7.02. The molecular weight excluding hydrogens is 510 g/mol. The highest BCUT2D eigenvalue weighted by Gasteiger charge is 2.70. The molecule has 1 aromatic heterocycles. The molecular formula is C32H22ClN3O3. The van der Waals surface area contributed by atoms with Crippen molar-refractivity contribution < 1.29 is 14.4 Å². The van der Waals surface area contributed by atoms with Gasteiger partial charge in [0.2, 0.25) is 5.91 Å². The van der Waals surface area contributed by atoms with E-state index in [0.717, 1.165) is 11.3 Å². The number of nitrogens with one attached hydrogen (secondary N) is 1. The third-order valence-electron chi connectivity index (χ3n) is 8.20. The first kappa shape index (κ1) is 23.6. The molecule has 4 aromatic rings. The fourth-order valence-corrected chi connectivity index (χ4v) is 6.86. The molecule has 39 heavy (non-hydrogen) atoms. The van der Waals surface area contributed by atoms with E-state index in [0.29, 0.717) is 27.4 Å². The van der Waals surface area contributed by atoms with Crippen molar-refractivity contribution in [1.82, 2.24) is 4.98 Å². The zero-order chi connectivity index (χ0) is 26.7. The topological polar surface area (TPSA) is 79.4 Å². The Morgan fingerprint density at radius 2 is 1.59 bits per heavy atom. The maximum absolute atomic E-state index is 14.6. The van der Waals surface area contributed by atoms with Gasteiger partial charge in [-0.05, 0) is 47.5 Å². The molecule has 0 radical (unpaired) electrons. The smallest absolute Gasteiger partial charge is 0.238 e. The molecule has 1 amide bonds. The number of pyridine rings is 1. The molecule has 0 saturated carbocycles. The van der Waals surface area contributed by atoms with Crippen LogP contribution in [0.15, 0.2) is 103 Å². The van der Waals surface area contributed by atoms with Crippen LogP contribution in [-0.4, -0.2) is 34.5 Å². The van der Waals surface area contributed by atoms with Gasteiger partial charge in [0.25, 0.3) is 0 Å². The number of hydrogen-bond donors (Lipinski definition) is 1. The lowest BCUT2D eigenvalue weighted by Gasteiger charge is -2.37. The van der Waals surface area contributed by atoms with E-state index in [1.807, 2.05) is 65.6 Å². The number of hydrogen-bond acceptors (Lipinski definition) is 5. The van der Waals surface area contributed by atoms with Crippen molar-refractivity contribution >= 4 is 46.5 Å². The molecule has 7 heteroatoms. The van der Waals surface area contributed by atoms with Crippen molar-refractivity contribution in [2.45, 2.75) is 17.5 Å².